The number of benzene rings is 2. The van der Waals surface area contributed by atoms with Crippen molar-refractivity contribution in [3.05, 3.63) is 81.4 Å². The van der Waals surface area contributed by atoms with Crippen molar-refractivity contribution in [3.63, 3.8) is 0 Å². The molecule has 0 radical (unpaired) electrons. The third kappa shape index (κ3) is 3.68. The Labute approximate surface area is 197 Å². The number of ether oxygens (including phenoxy) is 1. The fraction of sp³-hybridized carbons (Fsp3) is 0.385. The first-order chi connectivity index (χ1) is 16.7. The van der Waals surface area contributed by atoms with Gasteiger partial charge in [-0.3, -0.25) is 9.69 Å². The van der Waals surface area contributed by atoms with Crippen LogP contribution in [0.2, 0.25) is 0 Å². The number of methoxy groups -OCH3 is 1. The molecule has 174 valence electrons. The summed E-state index contributed by atoms with van der Waals surface area (Å²) in [5.74, 6) is 1.47. The lowest BCUT2D eigenvalue weighted by atomic mass is 9.95. The molecule has 3 heterocycles. The number of aromatic amines is 1. The molecule has 6 rings (SSSR count). The summed E-state index contributed by atoms with van der Waals surface area (Å²) in [6.45, 7) is 1.58. The van der Waals surface area contributed by atoms with Crippen LogP contribution in [0.5, 0.6) is 5.75 Å². The largest absolute Gasteiger partial charge is 0.497 e. The summed E-state index contributed by atoms with van der Waals surface area (Å²) in [4.78, 5) is 18.9. The van der Waals surface area contributed by atoms with Crippen molar-refractivity contribution in [3.8, 4) is 5.75 Å². The summed E-state index contributed by atoms with van der Waals surface area (Å²) < 4.78 is 7.32. The Morgan fingerprint density at radius 2 is 1.91 bits per heavy atom. The molecule has 8 nitrogen and oxygen atoms in total. The SMILES string of the molecule is COc1ccc2cc([C@@H](c3nnnn3C3CCCC3)N3CCc4ccccc4C3)c(=O)[nH]c2c1. The zero-order valence-corrected chi connectivity index (χ0v) is 19.3. The van der Waals surface area contributed by atoms with Crippen molar-refractivity contribution in [1.29, 1.82) is 0 Å². The van der Waals surface area contributed by atoms with E-state index in [4.69, 9.17) is 4.74 Å². The quantitative estimate of drug-likeness (QED) is 0.492. The second-order valence-electron chi connectivity index (χ2n) is 9.32. The van der Waals surface area contributed by atoms with E-state index in [-0.39, 0.29) is 17.6 Å². The molecule has 0 unspecified atom stereocenters. The van der Waals surface area contributed by atoms with Crippen LogP contribution in [-0.2, 0) is 13.0 Å². The molecule has 2 aliphatic rings. The maximum Gasteiger partial charge on any atom is 0.253 e. The predicted molar refractivity (Wildman–Crippen MR) is 129 cm³/mol. The highest BCUT2D eigenvalue weighted by Crippen LogP contribution is 2.36. The van der Waals surface area contributed by atoms with Crippen molar-refractivity contribution < 1.29 is 4.74 Å². The van der Waals surface area contributed by atoms with Crippen molar-refractivity contribution in [2.45, 2.75) is 50.7 Å². The standard InChI is InChI=1S/C26H28N6O2/c1-34-21-11-10-18-14-22(26(33)27-23(18)15-21)24(25-28-29-30-32(25)20-8-4-5-9-20)31-13-12-17-6-2-3-7-19(17)16-31/h2-3,6-7,10-11,14-15,20,24H,4-5,8-9,12-13,16H2,1H3,(H,27,33)/t24-/m0/s1. The van der Waals surface area contributed by atoms with Crippen molar-refractivity contribution in [2.75, 3.05) is 13.7 Å². The van der Waals surface area contributed by atoms with Gasteiger partial charge in [0.15, 0.2) is 5.82 Å². The number of rotatable bonds is 5. The molecule has 4 aromatic rings. The minimum Gasteiger partial charge on any atom is -0.497 e. The minimum atomic E-state index is -0.334. The highest BCUT2D eigenvalue weighted by molar-refractivity contribution is 5.80. The molecular formula is C26H28N6O2. The number of tetrazole rings is 1. The van der Waals surface area contributed by atoms with E-state index in [0.29, 0.717) is 11.3 Å². The zero-order valence-electron chi connectivity index (χ0n) is 19.3. The lowest BCUT2D eigenvalue weighted by molar-refractivity contribution is 0.190. The molecular weight excluding hydrogens is 428 g/mol. The van der Waals surface area contributed by atoms with Gasteiger partial charge in [-0.25, -0.2) is 4.68 Å². The van der Waals surface area contributed by atoms with E-state index in [0.717, 1.165) is 49.1 Å². The van der Waals surface area contributed by atoms with Gasteiger partial charge < -0.3 is 9.72 Å². The van der Waals surface area contributed by atoms with Gasteiger partial charge in [-0.1, -0.05) is 37.1 Å². The maximum atomic E-state index is 13.5. The van der Waals surface area contributed by atoms with Crippen molar-refractivity contribution in [2.24, 2.45) is 0 Å². The van der Waals surface area contributed by atoms with Gasteiger partial charge in [-0.05, 0) is 64.4 Å². The van der Waals surface area contributed by atoms with Gasteiger partial charge >= 0.3 is 0 Å². The van der Waals surface area contributed by atoms with Gasteiger partial charge in [-0.15, -0.1) is 5.10 Å². The Morgan fingerprint density at radius 3 is 2.74 bits per heavy atom. The summed E-state index contributed by atoms with van der Waals surface area (Å²) in [6.07, 6.45) is 5.44. The Morgan fingerprint density at radius 1 is 1.09 bits per heavy atom. The topological polar surface area (TPSA) is 88.9 Å². The minimum absolute atomic E-state index is 0.120. The van der Waals surface area contributed by atoms with Crippen LogP contribution in [0.3, 0.4) is 0 Å². The molecule has 2 aromatic carbocycles. The monoisotopic (exact) mass is 456 g/mol. The van der Waals surface area contributed by atoms with Gasteiger partial charge in [0, 0.05) is 24.7 Å². The maximum absolute atomic E-state index is 13.5. The summed E-state index contributed by atoms with van der Waals surface area (Å²) in [5.41, 5.74) is 3.97. The number of nitrogens with one attached hydrogen (secondary N) is 1. The smallest absolute Gasteiger partial charge is 0.253 e. The Hall–Kier alpha value is -3.52. The van der Waals surface area contributed by atoms with E-state index in [2.05, 4.69) is 49.7 Å². The molecule has 2 aromatic heterocycles. The fourth-order valence-corrected chi connectivity index (χ4v) is 5.55. The lowest BCUT2D eigenvalue weighted by Gasteiger charge is -2.35. The van der Waals surface area contributed by atoms with Crippen LogP contribution in [0.4, 0.5) is 0 Å². The number of aromatic nitrogens is 5. The molecule has 1 saturated carbocycles. The van der Waals surface area contributed by atoms with Crippen LogP contribution in [0.15, 0.2) is 53.3 Å². The Bertz CT molecular complexity index is 1390. The van der Waals surface area contributed by atoms with Crippen LogP contribution >= 0.6 is 0 Å². The van der Waals surface area contributed by atoms with Gasteiger partial charge in [0.25, 0.3) is 5.56 Å². The third-order valence-electron chi connectivity index (χ3n) is 7.34. The first-order valence-electron chi connectivity index (χ1n) is 12.0. The fourth-order valence-electron chi connectivity index (χ4n) is 5.55. The highest BCUT2D eigenvalue weighted by atomic mass is 16.5. The molecule has 1 aliphatic carbocycles. The van der Waals surface area contributed by atoms with Gasteiger partial charge in [0.2, 0.25) is 0 Å². The molecule has 1 aliphatic heterocycles. The molecule has 1 fully saturated rings. The van der Waals surface area contributed by atoms with E-state index < -0.39 is 0 Å². The molecule has 0 spiro atoms. The number of nitrogens with zero attached hydrogens (tertiary/aromatic N) is 5. The number of H-pyrrole nitrogens is 1. The average Bonchev–Trinajstić information content (AvgIpc) is 3.56. The van der Waals surface area contributed by atoms with Crippen LogP contribution < -0.4 is 10.3 Å². The molecule has 34 heavy (non-hydrogen) atoms. The van der Waals surface area contributed by atoms with Crippen molar-refractivity contribution >= 4 is 10.9 Å². The third-order valence-corrected chi connectivity index (χ3v) is 7.34. The molecule has 1 atom stereocenters. The van der Waals surface area contributed by atoms with Crippen LogP contribution in [0.1, 0.15) is 60.3 Å². The molecule has 8 heteroatoms. The summed E-state index contributed by atoms with van der Waals surface area (Å²) in [7, 11) is 1.63. The molecule has 0 bridgehead atoms. The zero-order chi connectivity index (χ0) is 23.1. The van der Waals surface area contributed by atoms with Crippen LogP contribution in [0, 0.1) is 0 Å². The van der Waals surface area contributed by atoms with Crippen LogP contribution in [0.25, 0.3) is 10.9 Å². The second-order valence-corrected chi connectivity index (χ2v) is 9.32. The van der Waals surface area contributed by atoms with Gasteiger partial charge in [-0.2, -0.15) is 0 Å². The molecule has 0 saturated heterocycles. The van der Waals surface area contributed by atoms with E-state index in [1.165, 1.54) is 24.0 Å². The van der Waals surface area contributed by atoms with E-state index in [1.807, 2.05) is 28.9 Å². The summed E-state index contributed by atoms with van der Waals surface area (Å²) in [6, 6.07) is 16.2. The Kier molecular flexibility index (Phi) is 5.37. The van der Waals surface area contributed by atoms with E-state index in [1.54, 1.807) is 7.11 Å². The van der Waals surface area contributed by atoms with Crippen LogP contribution in [-0.4, -0.2) is 43.7 Å². The average molecular weight is 457 g/mol. The number of hydrogen-bond acceptors (Lipinski definition) is 6. The van der Waals surface area contributed by atoms with E-state index >= 15 is 0 Å². The predicted octanol–water partition coefficient (Wildman–Crippen LogP) is 3.79. The van der Waals surface area contributed by atoms with E-state index in [9.17, 15) is 4.79 Å². The first-order valence-corrected chi connectivity index (χ1v) is 12.0. The summed E-state index contributed by atoms with van der Waals surface area (Å²) in [5, 5.41) is 13.9. The van der Waals surface area contributed by atoms with Crippen molar-refractivity contribution in [1.82, 2.24) is 30.1 Å². The van der Waals surface area contributed by atoms with Gasteiger partial charge in [0.1, 0.15) is 11.8 Å². The molecule has 0 amide bonds. The Balaban J connectivity index is 1.49. The number of hydrogen-bond donors (Lipinski definition) is 1. The molecule has 1 N–H and O–H groups in total. The number of pyridine rings is 1. The second kappa shape index (κ2) is 8.68. The summed E-state index contributed by atoms with van der Waals surface area (Å²) >= 11 is 0. The lowest BCUT2D eigenvalue weighted by Crippen LogP contribution is -2.39. The highest BCUT2D eigenvalue weighted by Gasteiger charge is 2.34. The first kappa shape index (κ1) is 21.0. The number of fused-ring (bicyclic) bond motifs is 2. The normalized spacial score (nSPS) is 17.7. The van der Waals surface area contributed by atoms with Gasteiger partial charge in [0.05, 0.1) is 18.7 Å².